The lowest BCUT2D eigenvalue weighted by molar-refractivity contribution is -0.143. The van der Waals surface area contributed by atoms with Crippen molar-refractivity contribution in [2.24, 2.45) is 0 Å². The van der Waals surface area contributed by atoms with E-state index in [1.165, 1.54) is 0 Å². The van der Waals surface area contributed by atoms with Gasteiger partial charge in [0.05, 0.1) is 18.4 Å². The number of rotatable bonds is 5. The molecular weight excluding hydrogens is 266 g/mol. The zero-order valence-electron chi connectivity index (χ0n) is 10.7. The quantitative estimate of drug-likeness (QED) is 0.667. The van der Waals surface area contributed by atoms with E-state index in [1.54, 1.807) is 6.92 Å². The minimum atomic E-state index is -0.245. The van der Waals surface area contributed by atoms with E-state index in [0.717, 1.165) is 16.8 Å². The third-order valence-corrected chi connectivity index (χ3v) is 3.49. The van der Waals surface area contributed by atoms with Crippen molar-refractivity contribution < 1.29 is 14.3 Å². The number of esters is 1. The highest BCUT2D eigenvalue weighted by Crippen LogP contribution is 2.31. The average Bonchev–Trinajstić information content (AvgIpc) is 2.75. The molecule has 1 aromatic rings. The van der Waals surface area contributed by atoms with Crippen LogP contribution < -0.4 is 5.32 Å². The molecule has 19 heavy (non-hydrogen) atoms. The van der Waals surface area contributed by atoms with Crippen molar-refractivity contribution in [1.82, 2.24) is 0 Å². The van der Waals surface area contributed by atoms with Gasteiger partial charge in [0.1, 0.15) is 0 Å². The summed E-state index contributed by atoms with van der Waals surface area (Å²) in [5.74, 6) is -0.226. The van der Waals surface area contributed by atoms with Crippen LogP contribution in [-0.4, -0.2) is 18.5 Å². The van der Waals surface area contributed by atoms with Gasteiger partial charge in [-0.15, -0.1) is 11.6 Å². The molecule has 1 N–H and O–H groups in total. The summed E-state index contributed by atoms with van der Waals surface area (Å²) in [6.07, 6.45) is 1.22. The second-order valence-corrected chi connectivity index (χ2v) is 4.98. The second-order valence-electron chi connectivity index (χ2n) is 4.45. The molecule has 5 heteroatoms. The molecule has 0 aromatic heterocycles. The molecule has 1 aromatic carbocycles. The lowest BCUT2D eigenvalue weighted by atomic mass is 10.0. The summed E-state index contributed by atoms with van der Waals surface area (Å²) in [6, 6.07) is 5.67. The molecule has 2 rings (SSSR count). The first kappa shape index (κ1) is 13.9. The lowest BCUT2D eigenvalue weighted by Gasteiger charge is -2.10. The molecule has 0 saturated heterocycles. The maximum Gasteiger partial charge on any atom is 0.305 e. The van der Waals surface area contributed by atoms with Gasteiger partial charge in [-0.25, -0.2) is 0 Å². The third kappa shape index (κ3) is 3.47. The van der Waals surface area contributed by atoms with Crippen LogP contribution >= 0.6 is 11.6 Å². The molecule has 0 aliphatic carbocycles. The van der Waals surface area contributed by atoms with E-state index in [4.69, 9.17) is 16.3 Å². The monoisotopic (exact) mass is 281 g/mol. The first-order valence-corrected chi connectivity index (χ1v) is 6.76. The topological polar surface area (TPSA) is 55.4 Å². The van der Waals surface area contributed by atoms with Crippen molar-refractivity contribution in [3.8, 4) is 0 Å². The van der Waals surface area contributed by atoms with Crippen molar-refractivity contribution in [3.05, 3.63) is 29.3 Å². The fourth-order valence-corrected chi connectivity index (χ4v) is 2.33. The first-order chi connectivity index (χ1) is 9.10. The number of fused-ring (bicyclic) bond motifs is 1. The van der Waals surface area contributed by atoms with Gasteiger partial charge in [-0.2, -0.15) is 0 Å². The number of hydrogen-bond donors (Lipinski definition) is 1. The Morgan fingerprint density at radius 2 is 2.32 bits per heavy atom. The van der Waals surface area contributed by atoms with Gasteiger partial charge in [-0.1, -0.05) is 12.1 Å². The van der Waals surface area contributed by atoms with Crippen molar-refractivity contribution in [1.29, 1.82) is 0 Å². The largest absolute Gasteiger partial charge is 0.466 e. The number of carbonyl (C=O) groups is 2. The fraction of sp³-hybridized carbons (Fsp3) is 0.429. The van der Waals surface area contributed by atoms with Gasteiger partial charge >= 0.3 is 5.97 Å². The Morgan fingerprint density at radius 1 is 1.53 bits per heavy atom. The molecule has 0 radical (unpaired) electrons. The number of carbonyl (C=O) groups excluding carboxylic acids is 2. The van der Waals surface area contributed by atoms with E-state index in [2.05, 4.69) is 5.32 Å². The van der Waals surface area contributed by atoms with E-state index < -0.39 is 0 Å². The molecule has 1 aliphatic rings. The fourth-order valence-electron chi connectivity index (χ4n) is 2.09. The Morgan fingerprint density at radius 3 is 3.05 bits per heavy atom. The lowest BCUT2D eigenvalue weighted by Crippen LogP contribution is -2.05. The molecule has 0 spiro atoms. The second kappa shape index (κ2) is 6.06. The molecule has 1 heterocycles. The molecule has 102 valence electrons. The Balaban J connectivity index is 1.97. The van der Waals surface area contributed by atoms with E-state index in [9.17, 15) is 9.59 Å². The Bertz CT molecular complexity index is 501. The van der Waals surface area contributed by atoms with Crippen LogP contribution in [0.5, 0.6) is 0 Å². The average molecular weight is 282 g/mol. The predicted molar refractivity (Wildman–Crippen MR) is 73.2 cm³/mol. The van der Waals surface area contributed by atoms with E-state index in [0.29, 0.717) is 25.9 Å². The zero-order valence-corrected chi connectivity index (χ0v) is 11.5. The summed E-state index contributed by atoms with van der Waals surface area (Å²) in [5.41, 5.74) is 2.74. The number of halogens is 1. The van der Waals surface area contributed by atoms with Crippen LogP contribution in [0.2, 0.25) is 0 Å². The van der Waals surface area contributed by atoms with E-state index in [-0.39, 0.29) is 17.3 Å². The number of nitrogens with one attached hydrogen (secondary N) is 1. The highest BCUT2D eigenvalue weighted by molar-refractivity contribution is 6.21. The highest BCUT2D eigenvalue weighted by atomic mass is 35.5. The number of alkyl halides is 1. The van der Waals surface area contributed by atoms with Gasteiger partial charge in [0, 0.05) is 12.1 Å². The number of benzene rings is 1. The first-order valence-electron chi connectivity index (χ1n) is 6.32. The summed E-state index contributed by atoms with van der Waals surface area (Å²) < 4.78 is 4.86. The zero-order chi connectivity index (χ0) is 13.8. The molecule has 1 amide bonds. The predicted octanol–water partition coefficient (Wildman–Crippen LogP) is 2.80. The van der Waals surface area contributed by atoms with E-state index in [1.807, 2.05) is 18.2 Å². The number of hydrogen-bond acceptors (Lipinski definition) is 3. The van der Waals surface area contributed by atoms with Crippen LogP contribution in [0.3, 0.4) is 0 Å². The van der Waals surface area contributed by atoms with Gasteiger partial charge in [-0.05, 0) is 30.5 Å². The van der Waals surface area contributed by atoms with Gasteiger partial charge in [0.15, 0.2) is 0 Å². The standard InChI is InChI=1S/C14H16ClNO3/c1-2-19-14(18)6-4-11(15)9-3-5-12-10(7-9)8-13(17)16-12/h3,5,7,11H,2,4,6,8H2,1H3,(H,16,17). The number of amides is 1. The normalized spacial score (nSPS) is 14.7. The van der Waals surface area contributed by atoms with Crippen LogP contribution in [0, 0.1) is 0 Å². The van der Waals surface area contributed by atoms with Gasteiger partial charge < -0.3 is 10.1 Å². The Kier molecular flexibility index (Phi) is 4.43. The van der Waals surface area contributed by atoms with Crippen LogP contribution in [-0.2, 0) is 20.7 Å². The van der Waals surface area contributed by atoms with Crippen molar-refractivity contribution in [2.45, 2.75) is 31.6 Å². The van der Waals surface area contributed by atoms with Crippen LogP contribution in [0.1, 0.15) is 36.3 Å². The Hall–Kier alpha value is -1.55. The van der Waals surface area contributed by atoms with Gasteiger partial charge in [0.25, 0.3) is 0 Å². The maximum absolute atomic E-state index is 11.3. The summed E-state index contributed by atoms with van der Waals surface area (Å²) >= 11 is 6.28. The van der Waals surface area contributed by atoms with Crippen molar-refractivity contribution in [2.75, 3.05) is 11.9 Å². The minimum Gasteiger partial charge on any atom is -0.466 e. The van der Waals surface area contributed by atoms with E-state index >= 15 is 0 Å². The summed E-state index contributed by atoms with van der Waals surface area (Å²) in [4.78, 5) is 22.5. The molecule has 1 aliphatic heterocycles. The van der Waals surface area contributed by atoms with Crippen LogP contribution in [0.15, 0.2) is 18.2 Å². The molecule has 1 unspecified atom stereocenters. The molecule has 4 nitrogen and oxygen atoms in total. The number of ether oxygens (including phenoxy) is 1. The SMILES string of the molecule is CCOC(=O)CCC(Cl)c1ccc2c(c1)CC(=O)N2. The molecule has 1 atom stereocenters. The highest BCUT2D eigenvalue weighted by Gasteiger charge is 2.19. The van der Waals surface area contributed by atoms with Gasteiger partial charge in [-0.3, -0.25) is 9.59 Å². The summed E-state index contributed by atoms with van der Waals surface area (Å²) in [7, 11) is 0. The number of anilines is 1. The van der Waals surface area contributed by atoms with Crippen molar-refractivity contribution in [3.63, 3.8) is 0 Å². The summed E-state index contributed by atoms with van der Waals surface area (Å²) in [5, 5.41) is 2.53. The summed E-state index contributed by atoms with van der Waals surface area (Å²) in [6.45, 7) is 2.17. The maximum atomic E-state index is 11.3. The van der Waals surface area contributed by atoms with Gasteiger partial charge in [0.2, 0.25) is 5.91 Å². The Labute approximate surface area is 117 Å². The van der Waals surface area contributed by atoms with Crippen molar-refractivity contribution >= 4 is 29.2 Å². The minimum absolute atomic E-state index is 0.00444. The van der Waals surface area contributed by atoms with Crippen LogP contribution in [0.25, 0.3) is 0 Å². The molecular formula is C14H16ClNO3. The van der Waals surface area contributed by atoms with Crippen LogP contribution in [0.4, 0.5) is 5.69 Å². The third-order valence-electron chi connectivity index (χ3n) is 3.02. The smallest absolute Gasteiger partial charge is 0.305 e. The molecule has 0 fully saturated rings. The molecule has 0 saturated carbocycles. The molecule has 0 bridgehead atoms.